The van der Waals surface area contributed by atoms with E-state index in [1.807, 2.05) is 30.3 Å². The number of carbonyl (C=O) groups excluding carboxylic acids is 1. The average Bonchev–Trinajstić information content (AvgIpc) is 3.05. The zero-order chi connectivity index (χ0) is 20.5. The summed E-state index contributed by atoms with van der Waals surface area (Å²) in [5, 5.41) is 19.8. The van der Waals surface area contributed by atoms with Gasteiger partial charge in [-0.1, -0.05) is 39.5 Å². The largest absolute Gasteiger partial charge is 0.508 e. The van der Waals surface area contributed by atoms with Crippen LogP contribution < -0.4 is 0 Å². The van der Waals surface area contributed by atoms with Crippen molar-refractivity contribution in [1.82, 2.24) is 15.0 Å². The van der Waals surface area contributed by atoms with Crippen molar-refractivity contribution in [3.63, 3.8) is 0 Å². The predicted molar refractivity (Wildman–Crippen MR) is 109 cm³/mol. The number of nitrogens with zero attached hydrogens (tertiary/aromatic N) is 3. The third-order valence-electron chi connectivity index (χ3n) is 4.50. The number of benzene rings is 2. The van der Waals surface area contributed by atoms with Crippen LogP contribution in [0, 0.1) is 0 Å². The predicted octanol–water partition coefficient (Wildman–Crippen LogP) is 4.09. The topological polar surface area (TPSA) is 77.2 Å². The van der Waals surface area contributed by atoms with Gasteiger partial charge in [-0.15, -0.1) is 15.0 Å². The Labute approximate surface area is 164 Å². The molecule has 1 heterocycles. The summed E-state index contributed by atoms with van der Waals surface area (Å²) in [5.41, 5.74) is 3.97. The van der Waals surface area contributed by atoms with Crippen LogP contribution in [0.4, 0.5) is 0 Å². The molecule has 0 aliphatic heterocycles. The Bertz CT molecular complexity index is 1010. The van der Waals surface area contributed by atoms with Crippen molar-refractivity contribution in [3.8, 4) is 11.4 Å². The smallest absolute Gasteiger partial charge is 0.333 e. The molecule has 0 unspecified atom stereocenters. The molecule has 0 fully saturated rings. The van der Waals surface area contributed by atoms with Gasteiger partial charge < -0.3 is 9.84 Å². The molecule has 0 atom stereocenters. The molecule has 6 heteroatoms. The second-order valence-corrected chi connectivity index (χ2v) is 7.89. The molecule has 0 spiro atoms. The van der Waals surface area contributed by atoms with Crippen LogP contribution in [0.2, 0.25) is 0 Å². The first-order valence-electron chi connectivity index (χ1n) is 9.18. The Hall–Kier alpha value is -3.15. The first kappa shape index (κ1) is 19.6. The van der Waals surface area contributed by atoms with Crippen molar-refractivity contribution in [2.45, 2.75) is 39.5 Å². The fourth-order valence-corrected chi connectivity index (χ4v) is 2.85. The van der Waals surface area contributed by atoms with Gasteiger partial charge in [0.25, 0.3) is 0 Å². The van der Waals surface area contributed by atoms with Gasteiger partial charge in [-0.05, 0) is 42.2 Å². The van der Waals surface area contributed by atoms with Crippen LogP contribution in [0.15, 0.2) is 48.6 Å². The Morgan fingerprint density at radius 3 is 2.32 bits per heavy atom. The summed E-state index contributed by atoms with van der Waals surface area (Å²) >= 11 is 0. The maximum absolute atomic E-state index is 11.7. The van der Waals surface area contributed by atoms with Gasteiger partial charge in [0.05, 0.1) is 12.3 Å². The van der Waals surface area contributed by atoms with Gasteiger partial charge >= 0.3 is 5.97 Å². The molecular formula is C22H25N3O3. The number of fused-ring (bicyclic) bond motifs is 1. The number of aromatic nitrogens is 3. The van der Waals surface area contributed by atoms with Gasteiger partial charge in [-0.3, -0.25) is 0 Å². The highest BCUT2D eigenvalue weighted by molar-refractivity contribution is 5.86. The van der Waals surface area contributed by atoms with E-state index in [2.05, 4.69) is 37.5 Å². The van der Waals surface area contributed by atoms with Crippen LogP contribution in [-0.4, -0.2) is 32.7 Å². The number of phenolic OH excluding ortho intramolecular Hbond substituents is 1. The van der Waals surface area contributed by atoms with E-state index in [0.717, 1.165) is 16.6 Å². The van der Waals surface area contributed by atoms with Crippen molar-refractivity contribution < 1.29 is 14.6 Å². The minimum atomic E-state index is -0.449. The molecular weight excluding hydrogens is 354 g/mol. The molecule has 146 valence electrons. The summed E-state index contributed by atoms with van der Waals surface area (Å²) in [4.78, 5) is 13.2. The maximum atomic E-state index is 11.7. The SMILES string of the molecule is C=C(C)C(=O)OCCc1c(O)cc(C(C)(C)C)cc1-n1nc2ccccc2n1. The molecule has 3 aromatic rings. The fraction of sp³-hybridized carbons (Fsp3) is 0.318. The number of hydrogen-bond donors (Lipinski definition) is 1. The van der Waals surface area contributed by atoms with Crippen molar-refractivity contribution in [3.05, 3.63) is 59.7 Å². The molecule has 2 aromatic carbocycles. The van der Waals surface area contributed by atoms with Crippen LogP contribution >= 0.6 is 0 Å². The third-order valence-corrected chi connectivity index (χ3v) is 4.50. The summed E-state index contributed by atoms with van der Waals surface area (Å²) in [7, 11) is 0. The van der Waals surface area contributed by atoms with E-state index in [1.54, 1.807) is 13.0 Å². The molecule has 0 aliphatic rings. The quantitative estimate of drug-likeness (QED) is 0.534. The second kappa shape index (κ2) is 7.46. The molecule has 1 aromatic heterocycles. The monoisotopic (exact) mass is 379 g/mol. The van der Waals surface area contributed by atoms with E-state index in [1.165, 1.54) is 4.80 Å². The Morgan fingerprint density at radius 2 is 1.79 bits per heavy atom. The number of esters is 1. The molecule has 0 radical (unpaired) electrons. The van der Waals surface area contributed by atoms with Gasteiger partial charge in [0.2, 0.25) is 0 Å². The van der Waals surface area contributed by atoms with E-state index in [-0.39, 0.29) is 17.8 Å². The van der Waals surface area contributed by atoms with Crippen LogP contribution in [-0.2, 0) is 21.4 Å². The lowest BCUT2D eigenvalue weighted by molar-refractivity contribution is -0.138. The number of aromatic hydroxyl groups is 1. The minimum Gasteiger partial charge on any atom is -0.508 e. The highest BCUT2D eigenvalue weighted by atomic mass is 16.5. The number of rotatable bonds is 5. The lowest BCUT2D eigenvalue weighted by Gasteiger charge is -2.22. The molecule has 0 saturated heterocycles. The molecule has 0 saturated carbocycles. The highest BCUT2D eigenvalue weighted by Gasteiger charge is 2.21. The van der Waals surface area contributed by atoms with E-state index < -0.39 is 5.97 Å². The molecule has 1 N–H and O–H groups in total. The van der Waals surface area contributed by atoms with Gasteiger partial charge in [-0.2, -0.15) is 0 Å². The summed E-state index contributed by atoms with van der Waals surface area (Å²) in [5.74, 6) is -0.314. The van der Waals surface area contributed by atoms with Crippen LogP contribution in [0.25, 0.3) is 16.7 Å². The van der Waals surface area contributed by atoms with Crippen LogP contribution in [0.5, 0.6) is 5.75 Å². The first-order valence-corrected chi connectivity index (χ1v) is 9.18. The summed E-state index contributed by atoms with van der Waals surface area (Å²) in [6.45, 7) is 11.5. The van der Waals surface area contributed by atoms with Crippen molar-refractivity contribution in [2.75, 3.05) is 6.61 Å². The van der Waals surface area contributed by atoms with Gasteiger partial charge in [0.1, 0.15) is 16.8 Å². The van der Waals surface area contributed by atoms with Crippen molar-refractivity contribution in [2.24, 2.45) is 0 Å². The zero-order valence-electron chi connectivity index (χ0n) is 16.7. The lowest BCUT2D eigenvalue weighted by Crippen LogP contribution is -2.15. The highest BCUT2D eigenvalue weighted by Crippen LogP contribution is 2.33. The number of phenols is 1. The van der Waals surface area contributed by atoms with Crippen molar-refractivity contribution >= 4 is 17.0 Å². The molecule has 6 nitrogen and oxygen atoms in total. The molecule has 0 aliphatic carbocycles. The summed E-state index contributed by atoms with van der Waals surface area (Å²) in [6, 6.07) is 11.3. The lowest BCUT2D eigenvalue weighted by atomic mass is 9.85. The van der Waals surface area contributed by atoms with E-state index in [9.17, 15) is 9.90 Å². The average molecular weight is 379 g/mol. The van der Waals surface area contributed by atoms with Gasteiger partial charge in [0.15, 0.2) is 0 Å². The third kappa shape index (κ3) is 4.06. The van der Waals surface area contributed by atoms with E-state index in [4.69, 9.17) is 4.74 Å². The Morgan fingerprint density at radius 1 is 1.18 bits per heavy atom. The van der Waals surface area contributed by atoms with E-state index in [0.29, 0.717) is 23.2 Å². The van der Waals surface area contributed by atoms with Crippen LogP contribution in [0.3, 0.4) is 0 Å². The second-order valence-electron chi connectivity index (χ2n) is 7.89. The molecule has 0 amide bonds. The first-order chi connectivity index (χ1) is 13.2. The molecule has 28 heavy (non-hydrogen) atoms. The summed E-state index contributed by atoms with van der Waals surface area (Å²) < 4.78 is 5.21. The Balaban J connectivity index is 2.04. The fourth-order valence-electron chi connectivity index (χ4n) is 2.85. The normalized spacial score (nSPS) is 11.6. The number of carbonyl (C=O) groups is 1. The maximum Gasteiger partial charge on any atom is 0.333 e. The molecule has 0 bridgehead atoms. The van der Waals surface area contributed by atoms with Gasteiger partial charge in [0, 0.05) is 17.6 Å². The van der Waals surface area contributed by atoms with Crippen LogP contribution in [0.1, 0.15) is 38.8 Å². The van der Waals surface area contributed by atoms with E-state index >= 15 is 0 Å². The standard InChI is InChI=1S/C22H25N3O3/c1-14(2)21(27)28-11-10-16-19(12-15(13-20(16)26)22(3,4)5)25-23-17-8-6-7-9-18(17)24-25/h6-9,12-13,26H,1,10-11H2,2-5H3. The number of ether oxygens (including phenoxy) is 1. The summed E-state index contributed by atoms with van der Waals surface area (Å²) in [6.07, 6.45) is 0.336. The Kier molecular flexibility index (Phi) is 5.23. The minimum absolute atomic E-state index is 0.127. The molecule has 3 rings (SSSR count). The van der Waals surface area contributed by atoms with Crippen molar-refractivity contribution in [1.29, 1.82) is 0 Å². The number of hydrogen-bond acceptors (Lipinski definition) is 5. The van der Waals surface area contributed by atoms with Gasteiger partial charge in [-0.25, -0.2) is 4.79 Å². The zero-order valence-corrected chi connectivity index (χ0v) is 16.7.